The molecule has 1 unspecified atom stereocenters. The molecule has 0 radical (unpaired) electrons. The van der Waals surface area contributed by atoms with Crippen molar-refractivity contribution in [2.24, 2.45) is 0 Å². The number of nitrogens with two attached hydrogens (primary N) is 1. The Balaban J connectivity index is 2.33. The number of nitriles is 1. The number of nitrogens with one attached hydrogen (secondary N) is 1. The zero-order valence-corrected chi connectivity index (χ0v) is 12.7. The molecule has 4 N–H and O–H groups in total. The monoisotopic (exact) mass is 327 g/mol. The van der Waals surface area contributed by atoms with Crippen molar-refractivity contribution in [2.75, 3.05) is 5.73 Å². The van der Waals surface area contributed by atoms with Crippen LogP contribution in [0.15, 0.2) is 16.9 Å². The third-order valence-electron chi connectivity index (χ3n) is 3.99. The highest BCUT2D eigenvalue weighted by molar-refractivity contribution is 6.01. The summed E-state index contributed by atoms with van der Waals surface area (Å²) in [4.78, 5) is 40.4. The average Bonchev–Trinajstić information content (AvgIpc) is 2.50. The highest BCUT2D eigenvalue weighted by Gasteiger charge is 2.44. The van der Waals surface area contributed by atoms with E-state index < -0.39 is 23.1 Å². The summed E-state index contributed by atoms with van der Waals surface area (Å²) in [6.45, 7) is 1.44. The van der Waals surface area contributed by atoms with E-state index in [0.29, 0.717) is 0 Å². The smallest absolute Gasteiger partial charge is 0.280 e. The third-order valence-corrected chi connectivity index (χ3v) is 3.99. The van der Waals surface area contributed by atoms with Gasteiger partial charge in [0.1, 0.15) is 5.82 Å². The first kappa shape index (κ1) is 15.6. The van der Waals surface area contributed by atoms with Crippen molar-refractivity contribution in [1.82, 2.24) is 14.9 Å². The van der Waals surface area contributed by atoms with E-state index in [1.165, 1.54) is 19.1 Å². The fraction of sp³-hybridized carbons (Fsp3) is 0.267. The van der Waals surface area contributed by atoms with E-state index in [1.54, 1.807) is 0 Å². The number of anilines is 1. The van der Waals surface area contributed by atoms with E-state index in [-0.39, 0.29) is 40.8 Å². The van der Waals surface area contributed by atoms with Crippen molar-refractivity contribution in [3.05, 3.63) is 33.9 Å². The van der Waals surface area contributed by atoms with Gasteiger partial charge < -0.3 is 10.8 Å². The van der Waals surface area contributed by atoms with Crippen LogP contribution < -0.4 is 16.6 Å². The third kappa shape index (κ3) is 2.12. The highest BCUT2D eigenvalue weighted by Crippen LogP contribution is 2.26. The van der Waals surface area contributed by atoms with Crippen LogP contribution in [0.3, 0.4) is 0 Å². The zero-order valence-electron chi connectivity index (χ0n) is 12.7. The van der Waals surface area contributed by atoms with Gasteiger partial charge in [0, 0.05) is 18.5 Å². The second-order valence-electron chi connectivity index (χ2n) is 5.56. The summed E-state index contributed by atoms with van der Waals surface area (Å²) in [6, 6.07) is 4.64. The van der Waals surface area contributed by atoms with Gasteiger partial charge in [-0.2, -0.15) is 5.26 Å². The molecule has 2 heterocycles. The number of imide groups is 1. The molecule has 1 aromatic carbocycles. The van der Waals surface area contributed by atoms with Crippen molar-refractivity contribution in [1.29, 1.82) is 5.26 Å². The molecule has 2 aromatic rings. The Hall–Kier alpha value is -3.25. The molecule has 0 spiro atoms. The van der Waals surface area contributed by atoms with Crippen LogP contribution in [0.5, 0.6) is 0 Å². The summed E-state index contributed by atoms with van der Waals surface area (Å²) in [7, 11) is 0. The first-order valence-corrected chi connectivity index (χ1v) is 7.08. The predicted octanol–water partition coefficient (Wildman–Crippen LogP) is -0.760. The molecule has 24 heavy (non-hydrogen) atoms. The first-order chi connectivity index (χ1) is 11.3. The number of carbonyl (C=O) groups is 2. The lowest BCUT2D eigenvalue weighted by Crippen LogP contribution is -2.58. The molecule has 9 nitrogen and oxygen atoms in total. The standard InChI is InChI=1S/C15H13N5O4/c1-7-18-10-5-8(6-16)4-9(17)12(10)13(22)20(7)15(24)3-2-11(21)19-14(15)23/h4-5,24H,2-3,17H2,1H3,(H,19,21,23). The van der Waals surface area contributed by atoms with Crippen LogP contribution in [0.2, 0.25) is 0 Å². The highest BCUT2D eigenvalue weighted by atomic mass is 16.3. The Kier molecular flexibility index (Phi) is 3.35. The van der Waals surface area contributed by atoms with Gasteiger partial charge >= 0.3 is 0 Å². The molecule has 3 rings (SSSR count). The summed E-state index contributed by atoms with van der Waals surface area (Å²) in [6.07, 6.45) is -0.364. The Morgan fingerprint density at radius 3 is 2.75 bits per heavy atom. The number of amides is 2. The lowest BCUT2D eigenvalue weighted by Gasteiger charge is -2.32. The fourth-order valence-electron chi connectivity index (χ4n) is 2.86. The topological polar surface area (TPSA) is 151 Å². The molecule has 1 saturated heterocycles. The summed E-state index contributed by atoms with van der Waals surface area (Å²) >= 11 is 0. The molecule has 1 aliphatic heterocycles. The van der Waals surface area contributed by atoms with E-state index in [1.807, 2.05) is 11.4 Å². The van der Waals surface area contributed by atoms with Crippen LogP contribution in [-0.4, -0.2) is 26.5 Å². The number of hydrogen-bond donors (Lipinski definition) is 3. The first-order valence-electron chi connectivity index (χ1n) is 7.08. The Morgan fingerprint density at radius 2 is 2.12 bits per heavy atom. The maximum Gasteiger partial charge on any atom is 0.280 e. The number of aromatic nitrogens is 2. The fourth-order valence-corrected chi connectivity index (χ4v) is 2.86. The summed E-state index contributed by atoms with van der Waals surface area (Å²) in [5.41, 5.74) is 3.35. The lowest BCUT2D eigenvalue weighted by molar-refractivity contribution is -0.161. The lowest BCUT2D eigenvalue weighted by atomic mass is 10.0. The van der Waals surface area contributed by atoms with Gasteiger partial charge in [0.05, 0.1) is 22.5 Å². The number of piperidine rings is 1. The van der Waals surface area contributed by atoms with Crippen molar-refractivity contribution in [2.45, 2.75) is 25.5 Å². The Labute approximate surface area is 135 Å². The van der Waals surface area contributed by atoms with Crippen LogP contribution >= 0.6 is 0 Å². The van der Waals surface area contributed by atoms with Crippen molar-refractivity contribution in [3.63, 3.8) is 0 Å². The van der Waals surface area contributed by atoms with Gasteiger partial charge in [-0.1, -0.05) is 0 Å². The minimum Gasteiger partial charge on any atom is -0.398 e. The number of nitrogens with zero attached hydrogens (tertiary/aromatic N) is 3. The van der Waals surface area contributed by atoms with E-state index in [4.69, 9.17) is 11.0 Å². The van der Waals surface area contributed by atoms with Gasteiger partial charge in [-0.25, -0.2) is 4.98 Å². The number of benzene rings is 1. The number of nitrogen functional groups attached to an aromatic ring is 1. The maximum atomic E-state index is 12.8. The van der Waals surface area contributed by atoms with Gasteiger partial charge in [-0.15, -0.1) is 0 Å². The minimum absolute atomic E-state index is 0.00211. The summed E-state index contributed by atoms with van der Waals surface area (Å²) < 4.78 is 0.833. The average molecular weight is 327 g/mol. The van der Waals surface area contributed by atoms with E-state index >= 15 is 0 Å². The van der Waals surface area contributed by atoms with Crippen LogP contribution in [-0.2, 0) is 15.3 Å². The predicted molar refractivity (Wildman–Crippen MR) is 82.4 cm³/mol. The van der Waals surface area contributed by atoms with Gasteiger partial charge in [-0.05, 0) is 19.1 Å². The largest absolute Gasteiger partial charge is 0.398 e. The number of carbonyl (C=O) groups excluding carboxylic acids is 2. The molecule has 0 bridgehead atoms. The summed E-state index contributed by atoms with van der Waals surface area (Å²) in [5.74, 6) is -1.45. The van der Waals surface area contributed by atoms with Crippen molar-refractivity contribution < 1.29 is 14.7 Å². The minimum atomic E-state index is -2.23. The molecule has 1 fully saturated rings. The molecule has 0 saturated carbocycles. The normalized spacial score (nSPS) is 20.7. The maximum absolute atomic E-state index is 12.8. The number of fused-ring (bicyclic) bond motifs is 1. The molecule has 1 aromatic heterocycles. The molecular weight excluding hydrogens is 314 g/mol. The van der Waals surface area contributed by atoms with E-state index in [2.05, 4.69) is 4.98 Å². The van der Waals surface area contributed by atoms with Crippen molar-refractivity contribution in [3.8, 4) is 6.07 Å². The molecule has 1 aliphatic rings. The molecule has 1 atom stereocenters. The van der Waals surface area contributed by atoms with Crippen LogP contribution in [0.1, 0.15) is 24.2 Å². The van der Waals surface area contributed by atoms with E-state index in [9.17, 15) is 19.5 Å². The Bertz CT molecular complexity index is 1000. The quantitative estimate of drug-likeness (QED) is 0.460. The second kappa shape index (κ2) is 5.14. The number of hydrogen-bond acceptors (Lipinski definition) is 7. The number of aliphatic hydroxyl groups is 1. The van der Waals surface area contributed by atoms with Crippen LogP contribution in [0, 0.1) is 18.3 Å². The molecule has 122 valence electrons. The van der Waals surface area contributed by atoms with Gasteiger partial charge in [-0.3, -0.25) is 24.3 Å². The van der Waals surface area contributed by atoms with E-state index in [0.717, 1.165) is 4.57 Å². The molecule has 0 aliphatic carbocycles. The number of aryl methyl sites for hydroxylation is 1. The van der Waals surface area contributed by atoms with Gasteiger partial charge in [0.25, 0.3) is 11.5 Å². The van der Waals surface area contributed by atoms with Crippen LogP contribution in [0.4, 0.5) is 5.69 Å². The zero-order chi connectivity index (χ0) is 17.6. The SMILES string of the molecule is Cc1nc2cc(C#N)cc(N)c2c(=O)n1C1(O)CCC(=O)NC1=O. The van der Waals surface area contributed by atoms with Gasteiger partial charge in [0.2, 0.25) is 11.6 Å². The number of rotatable bonds is 1. The Morgan fingerprint density at radius 1 is 1.42 bits per heavy atom. The van der Waals surface area contributed by atoms with Crippen molar-refractivity contribution >= 4 is 28.4 Å². The molecule has 9 heteroatoms. The van der Waals surface area contributed by atoms with Gasteiger partial charge in [0.15, 0.2) is 0 Å². The summed E-state index contributed by atoms with van der Waals surface area (Å²) in [5, 5.41) is 21.7. The van der Waals surface area contributed by atoms with Crippen LogP contribution in [0.25, 0.3) is 10.9 Å². The second-order valence-corrected chi connectivity index (χ2v) is 5.56. The molecule has 2 amide bonds. The molecular formula is C15H13N5O4.